The summed E-state index contributed by atoms with van der Waals surface area (Å²) in [6, 6.07) is 4.71. The van der Waals surface area contributed by atoms with Crippen LogP contribution in [0, 0.1) is 6.92 Å². The lowest BCUT2D eigenvalue weighted by molar-refractivity contribution is -0.137. The first-order valence-corrected chi connectivity index (χ1v) is 7.83. The largest absolute Gasteiger partial charge is 0.416 e. The van der Waals surface area contributed by atoms with Crippen molar-refractivity contribution in [2.45, 2.75) is 64.1 Å². The highest BCUT2D eigenvalue weighted by atomic mass is 19.4. The van der Waals surface area contributed by atoms with E-state index in [0.29, 0.717) is 12.0 Å². The smallest absolute Gasteiger partial charge is 0.314 e. The fraction of sp³-hybridized carbons (Fsp3) is 0.647. The summed E-state index contributed by atoms with van der Waals surface area (Å²) in [5, 5.41) is 3.50. The highest BCUT2D eigenvalue weighted by Crippen LogP contribution is 2.36. The SMILES string of the molecule is CCNC1CCCCC(c2ccc(C(F)(F)F)cc2C)C1. The molecule has 2 rings (SSSR count). The summed E-state index contributed by atoms with van der Waals surface area (Å²) >= 11 is 0. The molecule has 1 aliphatic carbocycles. The van der Waals surface area contributed by atoms with E-state index in [4.69, 9.17) is 0 Å². The standard InChI is InChI=1S/C17H24F3N/c1-3-21-15-7-5-4-6-13(11-15)16-9-8-14(10-12(16)2)17(18,19)20/h8-10,13,15,21H,3-7,11H2,1-2H3. The van der Waals surface area contributed by atoms with Gasteiger partial charge in [0, 0.05) is 6.04 Å². The molecule has 1 saturated carbocycles. The first-order chi connectivity index (χ1) is 9.91. The number of rotatable bonds is 3. The molecule has 0 bridgehead atoms. The first-order valence-electron chi connectivity index (χ1n) is 7.83. The van der Waals surface area contributed by atoms with Crippen LogP contribution in [-0.4, -0.2) is 12.6 Å². The van der Waals surface area contributed by atoms with Gasteiger partial charge in [0.2, 0.25) is 0 Å². The molecule has 0 amide bonds. The fourth-order valence-electron chi connectivity index (χ4n) is 3.43. The van der Waals surface area contributed by atoms with E-state index < -0.39 is 11.7 Å². The summed E-state index contributed by atoms with van der Waals surface area (Å²) in [5.41, 5.74) is 1.32. The molecule has 21 heavy (non-hydrogen) atoms. The highest BCUT2D eigenvalue weighted by Gasteiger charge is 2.31. The molecule has 0 saturated heterocycles. The number of halogens is 3. The Kier molecular flexibility index (Phi) is 5.31. The first kappa shape index (κ1) is 16.3. The lowest BCUT2D eigenvalue weighted by Crippen LogP contribution is -2.29. The molecule has 1 aliphatic rings. The van der Waals surface area contributed by atoms with E-state index in [9.17, 15) is 13.2 Å². The van der Waals surface area contributed by atoms with Crippen molar-refractivity contribution in [3.05, 3.63) is 34.9 Å². The molecular weight excluding hydrogens is 275 g/mol. The molecule has 1 N–H and O–H groups in total. The van der Waals surface area contributed by atoms with Gasteiger partial charge >= 0.3 is 6.18 Å². The van der Waals surface area contributed by atoms with Gasteiger partial charge in [0.15, 0.2) is 0 Å². The fourth-order valence-corrected chi connectivity index (χ4v) is 3.43. The van der Waals surface area contributed by atoms with E-state index >= 15 is 0 Å². The van der Waals surface area contributed by atoms with Crippen molar-refractivity contribution >= 4 is 0 Å². The Labute approximate surface area is 124 Å². The molecule has 118 valence electrons. The Morgan fingerprint density at radius 1 is 1.19 bits per heavy atom. The number of aryl methyl sites for hydroxylation is 1. The molecule has 0 heterocycles. The summed E-state index contributed by atoms with van der Waals surface area (Å²) in [5.74, 6) is 0.374. The van der Waals surface area contributed by atoms with Crippen LogP contribution in [0.2, 0.25) is 0 Å². The van der Waals surface area contributed by atoms with Gasteiger partial charge in [-0.05, 0) is 61.9 Å². The second kappa shape index (κ2) is 6.82. The molecule has 1 aromatic carbocycles. The lowest BCUT2D eigenvalue weighted by Gasteiger charge is -2.23. The molecule has 0 spiro atoms. The van der Waals surface area contributed by atoms with Gasteiger partial charge in [0.25, 0.3) is 0 Å². The minimum Gasteiger partial charge on any atom is -0.314 e. The quantitative estimate of drug-likeness (QED) is 0.771. The summed E-state index contributed by atoms with van der Waals surface area (Å²) in [7, 11) is 0. The van der Waals surface area contributed by atoms with Gasteiger partial charge in [-0.25, -0.2) is 0 Å². The molecule has 0 aromatic heterocycles. The molecule has 0 radical (unpaired) electrons. The summed E-state index contributed by atoms with van der Waals surface area (Å²) < 4.78 is 38.3. The van der Waals surface area contributed by atoms with Crippen molar-refractivity contribution in [1.29, 1.82) is 0 Å². The topological polar surface area (TPSA) is 12.0 Å². The van der Waals surface area contributed by atoms with Crippen LogP contribution in [0.4, 0.5) is 13.2 Å². The molecular formula is C17H24F3N. The lowest BCUT2D eigenvalue weighted by atomic mass is 9.87. The van der Waals surface area contributed by atoms with Crippen molar-refractivity contribution in [3.63, 3.8) is 0 Å². The van der Waals surface area contributed by atoms with Gasteiger partial charge in [-0.2, -0.15) is 13.2 Å². The van der Waals surface area contributed by atoms with Crippen LogP contribution in [0.5, 0.6) is 0 Å². The number of benzene rings is 1. The van der Waals surface area contributed by atoms with Gasteiger partial charge in [0.1, 0.15) is 0 Å². The summed E-state index contributed by atoms with van der Waals surface area (Å²) in [6.45, 7) is 4.85. The zero-order valence-electron chi connectivity index (χ0n) is 12.8. The second-order valence-electron chi connectivity index (χ2n) is 6.04. The van der Waals surface area contributed by atoms with Crippen molar-refractivity contribution in [3.8, 4) is 0 Å². The summed E-state index contributed by atoms with van der Waals surface area (Å²) in [4.78, 5) is 0. The zero-order valence-corrected chi connectivity index (χ0v) is 12.8. The Hall–Kier alpha value is -1.03. The number of hydrogen-bond acceptors (Lipinski definition) is 1. The maximum absolute atomic E-state index is 12.8. The molecule has 1 aromatic rings. The molecule has 2 unspecified atom stereocenters. The van der Waals surface area contributed by atoms with Crippen molar-refractivity contribution in [2.75, 3.05) is 6.54 Å². The van der Waals surface area contributed by atoms with E-state index in [1.807, 2.05) is 0 Å². The van der Waals surface area contributed by atoms with Crippen molar-refractivity contribution in [2.24, 2.45) is 0 Å². The van der Waals surface area contributed by atoms with Gasteiger partial charge in [-0.1, -0.05) is 25.8 Å². The second-order valence-corrected chi connectivity index (χ2v) is 6.04. The number of nitrogens with one attached hydrogen (secondary N) is 1. The van der Waals surface area contributed by atoms with Gasteiger partial charge in [0.05, 0.1) is 5.56 Å². The van der Waals surface area contributed by atoms with Crippen LogP contribution >= 0.6 is 0 Å². The van der Waals surface area contributed by atoms with Gasteiger partial charge in [-0.3, -0.25) is 0 Å². The molecule has 0 aliphatic heterocycles. The maximum Gasteiger partial charge on any atom is 0.416 e. The highest BCUT2D eigenvalue weighted by molar-refractivity contribution is 5.35. The van der Waals surface area contributed by atoms with E-state index in [1.165, 1.54) is 25.0 Å². The Morgan fingerprint density at radius 2 is 1.90 bits per heavy atom. The van der Waals surface area contributed by atoms with Crippen molar-refractivity contribution < 1.29 is 13.2 Å². The van der Waals surface area contributed by atoms with E-state index in [-0.39, 0.29) is 0 Å². The minimum atomic E-state index is -4.25. The third-order valence-electron chi connectivity index (χ3n) is 4.45. The van der Waals surface area contributed by atoms with Crippen LogP contribution in [0.15, 0.2) is 18.2 Å². The molecule has 2 atom stereocenters. The van der Waals surface area contributed by atoms with Gasteiger partial charge < -0.3 is 5.32 Å². The maximum atomic E-state index is 12.8. The number of hydrogen-bond donors (Lipinski definition) is 1. The predicted molar refractivity (Wildman–Crippen MR) is 79.5 cm³/mol. The van der Waals surface area contributed by atoms with E-state index in [1.54, 1.807) is 13.0 Å². The van der Waals surface area contributed by atoms with Crippen LogP contribution in [-0.2, 0) is 6.18 Å². The van der Waals surface area contributed by atoms with Gasteiger partial charge in [-0.15, -0.1) is 0 Å². The molecule has 1 fully saturated rings. The summed E-state index contributed by atoms with van der Waals surface area (Å²) in [6.07, 6.45) is 1.39. The predicted octanol–water partition coefficient (Wildman–Crippen LogP) is 5.04. The minimum absolute atomic E-state index is 0.374. The van der Waals surface area contributed by atoms with E-state index in [2.05, 4.69) is 12.2 Å². The zero-order chi connectivity index (χ0) is 15.5. The monoisotopic (exact) mass is 299 g/mol. The molecule has 1 nitrogen and oxygen atoms in total. The Balaban J connectivity index is 2.20. The normalized spacial score (nSPS) is 23.9. The number of alkyl halides is 3. The Morgan fingerprint density at radius 3 is 2.52 bits per heavy atom. The average Bonchev–Trinajstić information content (AvgIpc) is 2.63. The van der Waals surface area contributed by atoms with Crippen LogP contribution < -0.4 is 5.32 Å². The van der Waals surface area contributed by atoms with E-state index in [0.717, 1.165) is 36.9 Å². The third kappa shape index (κ3) is 4.22. The molecule has 4 heteroatoms. The van der Waals surface area contributed by atoms with Crippen LogP contribution in [0.1, 0.15) is 61.6 Å². The third-order valence-corrected chi connectivity index (χ3v) is 4.45. The van der Waals surface area contributed by atoms with Crippen LogP contribution in [0.3, 0.4) is 0 Å². The Bertz CT molecular complexity index is 468. The average molecular weight is 299 g/mol. The van der Waals surface area contributed by atoms with Crippen LogP contribution in [0.25, 0.3) is 0 Å². The van der Waals surface area contributed by atoms with Crippen molar-refractivity contribution in [1.82, 2.24) is 5.32 Å².